The molecule has 0 aliphatic heterocycles. The van der Waals surface area contributed by atoms with Crippen LogP contribution in [-0.2, 0) is 0 Å². The molecule has 0 spiro atoms. The number of nitrogens with zero attached hydrogens (tertiary/aromatic N) is 2. The molecule has 0 amide bonds. The summed E-state index contributed by atoms with van der Waals surface area (Å²) in [5.74, 6) is 1.29. The van der Waals surface area contributed by atoms with Crippen LogP contribution in [0.15, 0.2) is 66.7 Å². The highest BCUT2D eigenvalue weighted by atomic mass is 16.3. The Kier molecular flexibility index (Phi) is 4.34. The molecule has 0 unspecified atom stereocenters. The van der Waals surface area contributed by atoms with Crippen molar-refractivity contribution < 1.29 is 5.11 Å². The SMILES string of the molecule is Cc1ccc(Nc2nc(Nc3cc(C)ccc3O)nc3ccccc23)cc1. The van der Waals surface area contributed by atoms with E-state index in [2.05, 4.69) is 39.7 Å². The second-order valence-electron chi connectivity index (χ2n) is 6.55. The molecule has 3 aromatic carbocycles. The number of aryl methyl sites for hydroxylation is 2. The predicted molar refractivity (Wildman–Crippen MR) is 110 cm³/mol. The van der Waals surface area contributed by atoms with Crippen molar-refractivity contribution in [2.45, 2.75) is 13.8 Å². The van der Waals surface area contributed by atoms with Crippen LogP contribution in [0.1, 0.15) is 11.1 Å². The van der Waals surface area contributed by atoms with E-state index in [0.29, 0.717) is 17.5 Å². The number of phenolic OH excluding ortho intramolecular Hbond substituents is 1. The van der Waals surface area contributed by atoms with Gasteiger partial charge in [-0.3, -0.25) is 0 Å². The van der Waals surface area contributed by atoms with Gasteiger partial charge in [-0.25, -0.2) is 4.98 Å². The molecular formula is C22H20N4O. The van der Waals surface area contributed by atoms with Crippen LogP contribution in [0.3, 0.4) is 0 Å². The minimum Gasteiger partial charge on any atom is -0.506 e. The van der Waals surface area contributed by atoms with Gasteiger partial charge < -0.3 is 15.7 Å². The average Bonchev–Trinajstić information content (AvgIpc) is 2.66. The Labute approximate surface area is 157 Å². The number of anilines is 4. The van der Waals surface area contributed by atoms with Gasteiger partial charge >= 0.3 is 0 Å². The van der Waals surface area contributed by atoms with Crippen molar-refractivity contribution >= 4 is 34.0 Å². The number of benzene rings is 3. The van der Waals surface area contributed by atoms with E-state index in [0.717, 1.165) is 22.2 Å². The van der Waals surface area contributed by atoms with Crippen LogP contribution in [0.2, 0.25) is 0 Å². The largest absolute Gasteiger partial charge is 0.506 e. The van der Waals surface area contributed by atoms with Crippen LogP contribution in [0.25, 0.3) is 10.9 Å². The summed E-state index contributed by atoms with van der Waals surface area (Å²) in [4.78, 5) is 9.22. The Morgan fingerprint density at radius 1 is 0.778 bits per heavy atom. The van der Waals surface area contributed by atoms with Gasteiger partial charge in [0, 0.05) is 11.1 Å². The van der Waals surface area contributed by atoms with Crippen molar-refractivity contribution in [3.8, 4) is 5.75 Å². The van der Waals surface area contributed by atoms with Crippen LogP contribution in [0, 0.1) is 13.8 Å². The van der Waals surface area contributed by atoms with Gasteiger partial charge in [-0.2, -0.15) is 4.98 Å². The number of nitrogens with one attached hydrogen (secondary N) is 2. The fraction of sp³-hybridized carbons (Fsp3) is 0.0909. The Hall–Kier alpha value is -3.60. The summed E-state index contributed by atoms with van der Waals surface area (Å²) < 4.78 is 0. The molecule has 4 rings (SSSR count). The summed E-state index contributed by atoms with van der Waals surface area (Å²) >= 11 is 0. The van der Waals surface area contributed by atoms with E-state index in [1.54, 1.807) is 6.07 Å². The number of hydrogen-bond acceptors (Lipinski definition) is 5. The number of aromatic hydroxyl groups is 1. The third-order valence-electron chi connectivity index (χ3n) is 4.32. The smallest absolute Gasteiger partial charge is 0.229 e. The van der Waals surface area contributed by atoms with Crippen LogP contribution < -0.4 is 10.6 Å². The maximum atomic E-state index is 10.1. The fourth-order valence-electron chi connectivity index (χ4n) is 2.87. The van der Waals surface area contributed by atoms with Crippen molar-refractivity contribution in [3.63, 3.8) is 0 Å². The van der Waals surface area contributed by atoms with Gasteiger partial charge in [0.15, 0.2) is 0 Å². The maximum Gasteiger partial charge on any atom is 0.229 e. The molecule has 0 fully saturated rings. The molecule has 3 N–H and O–H groups in total. The van der Waals surface area contributed by atoms with Crippen molar-refractivity contribution in [2.24, 2.45) is 0 Å². The fourth-order valence-corrected chi connectivity index (χ4v) is 2.87. The first-order valence-electron chi connectivity index (χ1n) is 8.75. The summed E-state index contributed by atoms with van der Waals surface area (Å²) in [5, 5.41) is 17.5. The highest BCUT2D eigenvalue weighted by Gasteiger charge is 2.10. The number of fused-ring (bicyclic) bond motifs is 1. The lowest BCUT2D eigenvalue weighted by Crippen LogP contribution is -2.02. The normalized spacial score (nSPS) is 10.7. The third kappa shape index (κ3) is 3.67. The molecule has 5 nitrogen and oxygen atoms in total. The van der Waals surface area contributed by atoms with E-state index < -0.39 is 0 Å². The minimum atomic E-state index is 0.158. The maximum absolute atomic E-state index is 10.1. The van der Waals surface area contributed by atoms with Gasteiger partial charge in [0.05, 0.1) is 11.2 Å². The highest BCUT2D eigenvalue weighted by Crippen LogP contribution is 2.29. The van der Waals surface area contributed by atoms with Crippen LogP contribution in [0.5, 0.6) is 5.75 Å². The van der Waals surface area contributed by atoms with Crippen molar-refractivity contribution in [1.82, 2.24) is 9.97 Å². The summed E-state index contributed by atoms with van der Waals surface area (Å²) in [6, 6.07) is 21.3. The molecule has 0 atom stereocenters. The van der Waals surface area contributed by atoms with E-state index in [-0.39, 0.29) is 5.75 Å². The number of phenols is 1. The molecule has 0 saturated carbocycles. The molecule has 134 valence electrons. The average molecular weight is 356 g/mol. The Bertz CT molecular complexity index is 1110. The first-order chi connectivity index (χ1) is 13.1. The van der Waals surface area contributed by atoms with Gasteiger partial charge in [0.25, 0.3) is 0 Å². The third-order valence-corrected chi connectivity index (χ3v) is 4.32. The highest BCUT2D eigenvalue weighted by molar-refractivity contribution is 5.92. The molecule has 1 aromatic heterocycles. The number of para-hydroxylation sites is 1. The first kappa shape index (κ1) is 16.8. The zero-order valence-corrected chi connectivity index (χ0v) is 15.2. The first-order valence-corrected chi connectivity index (χ1v) is 8.75. The van der Waals surface area contributed by atoms with Crippen molar-refractivity contribution in [3.05, 3.63) is 77.9 Å². The summed E-state index contributed by atoms with van der Waals surface area (Å²) in [6.07, 6.45) is 0. The van der Waals surface area contributed by atoms with Gasteiger partial charge in [0.2, 0.25) is 5.95 Å². The van der Waals surface area contributed by atoms with Gasteiger partial charge in [-0.1, -0.05) is 35.9 Å². The Morgan fingerprint density at radius 2 is 1.52 bits per heavy atom. The summed E-state index contributed by atoms with van der Waals surface area (Å²) in [7, 11) is 0. The summed E-state index contributed by atoms with van der Waals surface area (Å²) in [5.41, 5.74) is 4.58. The van der Waals surface area contributed by atoms with E-state index in [4.69, 9.17) is 0 Å². The topological polar surface area (TPSA) is 70.1 Å². The molecule has 1 heterocycles. The number of rotatable bonds is 4. The zero-order chi connectivity index (χ0) is 18.8. The van der Waals surface area contributed by atoms with Crippen LogP contribution >= 0.6 is 0 Å². The van der Waals surface area contributed by atoms with Crippen LogP contribution in [-0.4, -0.2) is 15.1 Å². The molecule has 0 radical (unpaired) electrons. The van der Waals surface area contributed by atoms with Gasteiger partial charge in [0.1, 0.15) is 11.6 Å². The van der Waals surface area contributed by atoms with Crippen molar-refractivity contribution in [2.75, 3.05) is 10.6 Å². The standard InChI is InChI=1S/C22H20N4O/c1-14-7-10-16(11-8-14)23-21-17-5-3-4-6-18(17)24-22(26-21)25-19-13-15(2)9-12-20(19)27/h3-13,27H,1-2H3,(H2,23,24,25,26). The van der Waals surface area contributed by atoms with Crippen molar-refractivity contribution in [1.29, 1.82) is 0 Å². The van der Waals surface area contributed by atoms with E-state index in [9.17, 15) is 5.11 Å². The van der Waals surface area contributed by atoms with E-state index in [1.807, 2.05) is 55.5 Å². The molecular weight excluding hydrogens is 336 g/mol. The van der Waals surface area contributed by atoms with Gasteiger partial charge in [-0.15, -0.1) is 0 Å². The number of hydrogen-bond donors (Lipinski definition) is 3. The predicted octanol–water partition coefficient (Wildman–Crippen LogP) is 5.44. The number of aromatic nitrogens is 2. The molecule has 5 heteroatoms. The monoisotopic (exact) mass is 356 g/mol. The summed E-state index contributed by atoms with van der Waals surface area (Å²) in [6.45, 7) is 4.02. The Morgan fingerprint density at radius 3 is 2.33 bits per heavy atom. The molecule has 0 saturated heterocycles. The minimum absolute atomic E-state index is 0.158. The lowest BCUT2D eigenvalue weighted by Gasteiger charge is -2.13. The van der Waals surface area contributed by atoms with E-state index in [1.165, 1.54) is 5.56 Å². The second kappa shape index (κ2) is 6.96. The van der Waals surface area contributed by atoms with E-state index >= 15 is 0 Å². The quantitative estimate of drug-likeness (QED) is 0.425. The molecule has 0 bridgehead atoms. The van der Waals surface area contributed by atoms with Gasteiger partial charge in [-0.05, 0) is 55.8 Å². The van der Waals surface area contributed by atoms with Crippen LogP contribution in [0.4, 0.5) is 23.1 Å². The molecule has 0 aliphatic rings. The lowest BCUT2D eigenvalue weighted by molar-refractivity contribution is 0.477. The Balaban J connectivity index is 1.76. The molecule has 27 heavy (non-hydrogen) atoms. The second-order valence-corrected chi connectivity index (χ2v) is 6.55. The zero-order valence-electron chi connectivity index (χ0n) is 15.2. The lowest BCUT2D eigenvalue weighted by atomic mass is 10.2. The molecule has 0 aliphatic carbocycles. The molecule has 4 aromatic rings.